The fourth-order valence-electron chi connectivity index (χ4n) is 4.11. The molecule has 0 bridgehead atoms. The van der Waals surface area contributed by atoms with E-state index in [-0.39, 0.29) is 35.7 Å². The number of sulfonamides is 1. The molecular weight excluding hydrogens is 468 g/mol. The molecule has 1 aliphatic rings. The fourth-order valence-corrected chi connectivity index (χ4v) is 5.73. The van der Waals surface area contributed by atoms with Crippen molar-refractivity contribution in [3.05, 3.63) is 60.2 Å². The van der Waals surface area contributed by atoms with Crippen LogP contribution in [-0.4, -0.2) is 73.3 Å². The monoisotopic (exact) mass is 504 g/mol. The van der Waals surface area contributed by atoms with Crippen molar-refractivity contribution in [2.75, 3.05) is 26.2 Å². The number of aliphatic hydroxyl groups excluding tert-OH is 1. The molecule has 2 aromatic rings. The first-order valence-electron chi connectivity index (χ1n) is 11.9. The average molecular weight is 505 g/mol. The number of hydrogen-bond donors (Lipinski definition) is 5. The van der Waals surface area contributed by atoms with Crippen LogP contribution in [0.25, 0.3) is 0 Å². The summed E-state index contributed by atoms with van der Waals surface area (Å²) in [4.78, 5) is 12.7. The largest absolute Gasteiger partial charge is 0.508 e. The topological polar surface area (TPSA) is 131 Å². The van der Waals surface area contributed by atoms with Crippen LogP contribution in [0.1, 0.15) is 25.8 Å². The van der Waals surface area contributed by atoms with Crippen molar-refractivity contribution in [3.63, 3.8) is 0 Å². The van der Waals surface area contributed by atoms with Gasteiger partial charge in [-0.15, -0.1) is 0 Å². The first-order valence-corrected chi connectivity index (χ1v) is 13.4. The summed E-state index contributed by atoms with van der Waals surface area (Å²) in [7, 11) is -3.94. The van der Waals surface area contributed by atoms with Crippen molar-refractivity contribution in [3.8, 4) is 5.75 Å². The number of rotatable bonds is 11. The second-order valence-electron chi connectivity index (χ2n) is 9.38. The number of benzene rings is 2. The Morgan fingerprint density at radius 1 is 1.11 bits per heavy atom. The number of nitrogens with one attached hydrogen (secondary N) is 3. The van der Waals surface area contributed by atoms with Crippen molar-refractivity contribution in [1.82, 2.24) is 20.3 Å². The van der Waals surface area contributed by atoms with Crippen LogP contribution in [0.2, 0.25) is 0 Å². The molecule has 5 N–H and O–H groups in total. The Balaban J connectivity index is 1.80. The molecule has 1 heterocycles. The number of aromatic hydroxyl groups is 1. The van der Waals surface area contributed by atoms with Crippen molar-refractivity contribution >= 4 is 16.1 Å². The van der Waals surface area contributed by atoms with Crippen LogP contribution < -0.4 is 16.0 Å². The lowest BCUT2D eigenvalue weighted by Crippen LogP contribution is -2.54. The zero-order valence-corrected chi connectivity index (χ0v) is 21.0. The van der Waals surface area contributed by atoms with Gasteiger partial charge in [-0.3, -0.25) is 0 Å². The summed E-state index contributed by atoms with van der Waals surface area (Å²) in [5.41, 5.74) is 0.913. The molecule has 1 aliphatic heterocycles. The van der Waals surface area contributed by atoms with Gasteiger partial charge in [0.15, 0.2) is 0 Å². The summed E-state index contributed by atoms with van der Waals surface area (Å²) in [6.45, 7) is 5.32. The minimum Gasteiger partial charge on any atom is -0.508 e. The molecule has 0 unspecified atom stereocenters. The molecular formula is C25H36N4O5S. The number of urea groups is 1. The van der Waals surface area contributed by atoms with E-state index >= 15 is 0 Å². The molecule has 10 heteroatoms. The molecule has 1 saturated heterocycles. The Morgan fingerprint density at radius 3 is 2.40 bits per heavy atom. The third kappa shape index (κ3) is 7.93. The number of hydrogen-bond acceptors (Lipinski definition) is 6. The lowest BCUT2D eigenvalue weighted by molar-refractivity contribution is 0.104. The van der Waals surface area contributed by atoms with Gasteiger partial charge in [-0.25, -0.2) is 13.2 Å². The highest BCUT2D eigenvalue weighted by Gasteiger charge is 2.31. The third-order valence-corrected chi connectivity index (χ3v) is 7.75. The van der Waals surface area contributed by atoms with Gasteiger partial charge >= 0.3 is 6.03 Å². The molecule has 0 aliphatic carbocycles. The summed E-state index contributed by atoms with van der Waals surface area (Å²) in [6.07, 6.45) is 0.00717. The van der Waals surface area contributed by atoms with Crippen LogP contribution in [0.15, 0.2) is 59.5 Å². The second-order valence-corrected chi connectivity index (χ2v) is 11.3. The Morgan fingerprint density at radius 2 is 1.80 bits per heavy atom. The molecule has 3 atom stereocenters. The molecule has 0 radical (unpaired) electrons. The number of aliphatic hydroxyl groups is 1. The molecule has 9 nitrogen and oxygen atoms in total. The molecule has 0 aromatic heterocycles. The van der Waals surface area contributed by atoms with Crippen LogP contribution in [0.4, 0.5) is 4.79 Å². The fraction of sp³-hybridized carbons (Fsp3) is 0.480. The van der Waals surface area contributed by atoms with Gasteiger partial charge in [-0.2, -0.15) is 4.31 Å². The van der Waals surface area contributed by atoms with E-state index in [2.05, 4.69) is 16.0 Å². The van der Waals surface area contributed by atoms with Crippen molar-refractivity contribution in [2.45, 2.75) is 49.8 Å². The predicted molar refractivity (Wildman–Crippen MR) is 135 cm³/mol. The van der Waals surface area contributed by atoms with Gasteiger partial charge in [0, 0.05) is 25.7 Å². The van der Waals surface area contributed by atoms with Crippen LogP contribution in [-0.2, 0) is 16.4 Å². The highest BCUT2D eigenvalue weighted by atomic mass is 32.2. The van der Waals surface area contributed by atoms with E-state index in [4.69, 9.17) is 0 Å². The van der Waals surface area contributed by atoms with Crippen molar-refractivity contribution in [1.29, 1.82) is 0 Å². The summed E-state index contributed by atoms with van der Waals surface area (Å²) in [5.74, 6) is -0.0252. The molecule has 0 saturated carbocycles. The third-order valence-electron chi connectivity index (χ3n) is 5.91. The van der Waals surface area contributed by atoms with Gasteiger partial charge in [-0.1, -0.05) is 44.2 Å². The maximum absolute atomic E-state index is 13.4. The van der Waals surface area contributed by atoms with E-state index in [1.165, 1.54) is 28.6 Å². The standard InChI is InChI=1S/C25H36N4O5S/c1-18(2)16-29(35(33,34)22-10-8-21(30)9-11-22)17-24(31)23(14-19-6-4-3-5-7-19)28-25(32)27-20-12-13-26-15-20/h3-11,18,20,23-24,26,30-31H,12-17H2,1-2H3,(H2,27,28,32)/t20-,23-,24+/m0/s1. The molecule has 0 spiro atoms. The summed E-state index contributed by atoms with van der Waals surface area (Å²) in [6, 6.07) is 13.7. The van der Waals surface area contributed by atoms with Crippen LogP contribution >= 0.6 is 0 Å². The Hall–Kier alpha value is -2.66. The Bertz CT molecular complexity index is 1040. The van der Waals surface area contributed by atoms with Gasteiger partial charge < -0.3 is 26.2 Å². The molecule has 2 amide bonds. The Kier molecular flexibility index (Phi) is 9.50. The zero-order valence-electron chi connectivity index (χ0n) is 20.2. The van der Waals surface area contributed by atoms with Gasteiger partial charge in [0.2, 0.25) is 10.0 Å². The van der Waals surface area contributed by atoms with E-state index in [9.17, 15) is 23.4 Å². The number of nitrogens with zero attached hydrogens (tertiary/aromatic N) is 1. The lowest BCUT2D eigenvalue weighted by atomic mass is 10.0. The van der Waals surface area contributed by atoms with Gasteiger partial charge in [0.25, 0.3) is 0 Å². The normalized spacial score (nSPS) is 17.9. The maximum Gasteiger partial charge on any atom is 0.315 e. The van der Waals surface area contributed by atoms with Crippen molar-refractivity contribution in [2.24, 2.45) is 5.92 Å². The van der Waals surface area contributed by atoms with Gasteiger partial charge in [0.1, 0.15) is 5.75 Å². The van der Waals surface area contributed by atoms with Crippen molar-refractivity contribution < 1.29 is 23.4 Å². The number of phenolic OH excluding ortho intramolecular Hbond substituents is 1. The maximum atomic E-state index is 13.4. The van der Waals surface area contributed by atoms with E-state index < -0.39 is 28.2 Å². The Labute approximate surface area is 207 Å². The van der Waals surface area contributed by atoms with Gasteiger partial charge in [-0.05, 0) is 55.1 Å². The lowest BCUT2D eigenvalue weighted by Gasteiger charge is -2.31. The van der Waals surface area contributed by atoms with E-state index in [0.717, 1.165) is 18.5 Å². The molecule has 35 heavy (non-hydrogen) atoms. The van der Waals surface area contributed by atoms with E-state index in [1.54, 1.807) is 0 Å². The minimum absolute atomic E-state index is 0.00721. The second kappa shape index (κ2) is 12.3. The zero-order chi connectivity index (χ0) is 25.4. The first kappa shape index (κ1) is 26.9. The number of carbonyl (C=O) groups is 1. The molecule has 3 rings (SSSR count). The SMILES string of the molecule is CC(C)CN(C[C@@H](O)[C@H](Cc1ccccc1)NC(=O)N[C@H]1CCNC1)S(=O)(=O)c1ccc(O)cc1. The summed E-state index contributed by atoms with van der Waals surface area (Å²) in [5, 5.41) is 29.7. The quantitative estimate of drug-likeness (QED) is 0.316. The van der Waals surface area contributed by atoms with Gasteiger partial charge in [0.05, 0.1) is 17.0 Å². The number of amides is 2. The summed E-state index contributed by atoms with van der Waals surface area (Å²) >= 11 is 0. The highest BCUT2D eigenvalue weighted by molar-refractivity contribution is 7.89. The van der Waals surface area contributed by atoms with E-state index in [1.807, 2.05) is 44.2 Å². The molecule has 2 aromatic carbocycles. The molecule has 1 fully saturated rings. The average Bonchev–Trinajstić information content (AvgIpc) is 3.31. The van der Waals surface area contributed by atoms with Crippen LogP contribution in [0.3, 0.4) is 0 Å². The summed E-state index contributed by atoms with van der Waals surface area (Å²) < 4.78 is 28.0. The smallest absolute Gasteiger partial charge is 0.315 e. The molecule has 192 valence electrons. The highest BCUT2D eigenvalue weighted by Crippen LogP contribution is 2.21. The van der Waals surface area contributed by atoms with E-state index in [0.29, 0.717) is 13.0 Å². The first-order chi connectivity index (χ1) is 16.6. The van der Waals surface area contributed by atoms with Crippen LogP contribution in [0, 0.1) is 5.92 Å². The number of phenols is 1. The number of carbonyl (C=O) groups excluding carboxylic acids is 1. The van der Waals surface area contributed by atoms with Crippen LogP contribution in [0.5, 0.6) is 5.75 Å². The predicted octanol–water partition coefficient (Wildman–Crippen LogP) is 1.67. The minimum atomic E-state index is -3.94.